The van der Waals surface area contributed by atoms with E-state index < -0.39 is 0 Å². The van der Waals surface area contributed by atoms with Gasteiger partial charge in [0.15, 0.2) is 0 Å². The summed E-state index contributed by atoms with van der Waals surface area (Å²) in [5.41, 5.74) is 31.8. The third-order valence-electron chi connectivity index (χ3n) is 24.2. The maximum Gasteiger partial charge on any atom is 0.147 e. The van der Waals surface area contributed by atoms with Crippen molar-refractivity contribution in [1.82, 2.24) is 0 Å². The first-order valence-corrected chi connectivity index (χ1v) is 41.5. The van der Waals surface area contributed by atoms with Crippen molar-refractivity contribution in [2.24, 2.45) is 0 Å². The molecule has 0 bridgehead atoms. The average molecular weight is 1560 g/mol. The molecule has 0 radical (unpaired) electrons. The Morgan fingerprint density at radius 1 is 0.139 bits per heavy atom. The number of fused-ring (bicyclic) bond motifs is 16. The molecule has 24 rings (SSSR count). The number of nitrogens with zero attached hydrogens (tertiary/aromatic N) is 2. The van der Waals surface area contributed by atoms with Crippen molar-refractivity contribution in [2.75, 3.05) is 9.80 Å². The summed E-state index contributed by atoms with van der Waals surface area (Å²) in [6, 6.07) is 160. The van der Waals surface area contributed by atoms with E-state index in [0.717, 1.165) is 155 Å². The molecule has 0 amide bonds. The molecular formula is C116H74N2O4. The van der Waals surface area contributed by atoms with Crippen LogP contribution in [0.15, 0.2) is 467 Å². The minimum absolute atomic E-state index is 0.811. The molecule has 122 heavy (non-hydrogen) atoms. The largest absolute Gasteiger partial charge is 0.456 e. The van der Waals surface area contributed by atoms with Crippen LogP contribution in [0, 0.1) is 0 Å². The van der Waals surface area contributed by atoms with Gasteiger partial charge in [-0.15, -0.1) is 0 Å². The molecule has 0 saturated heterocycles. The Bertz CT molecular complexity index is 7950. The standard InChI is InChI=1S/C60H39NO2.C56H35NO2/c1-3-11-40(12-4-1)42-21-25-44(26-22-42)46-29-33-49(34-30-46)61(50-35-31-47(32-36-50)45-27-23-43(24-28-45)41-13-5-2-6-14-41)51-16-9-15-48(39-51)52-18-10-20-56-58(52)59-57(62-56)38-37-54-53-17-7-8-19-55(53)63-60(54)59;1-2-12-40-34-41(23-22-36(40)10-1)37-24-28-43(29-25-37)57(44-30-26-39(27-31-44)47-18-8-13-38-11-3-4-16-46(38)47)45-15-7-14-42(35-45)48-19-9-21-52-54(48)55-53(58-52)33-32-50-49-17-5-6-20-51(49)59-56(50)55/h1-39H;1-35H. The molecule has 6 nitrogen and oxygen atoms in total. The van der Waals surface area contributed by atoms with Crippen LogP contribution in [0.1, 0.15) is 0 Å². The van der Waals surface area contributed by atoms with Crippen LogP contribution < -0.4 is 9.80 Å². The molecular weight excluding hydrogens is 1490 g/mol. The molecule has 4 heterocycles. The van der Waals surface area contributed by atoms with Crippen molar-refractivity contribution in [3.05, 3.63) is 449 Å². The van der Waals surface area contributed by atoms with Gasteiger partial charge < -0.3 is 27.5 Å². The normalized spacial score (nSPS) is 11.6. The molecule has 4 aromatic heterocycles. The minimum atomic E-state index is 0.811. The van der Waals surface area contributed by atoms with Crippen molar-refractivity contribution in [1.29, 1.82) is 0 Å². The molecule has 0 spiro atoms. The van der Waals surface area contributed by atoms with Gasteiger partial charge in [-0.2, -0.15) is 0 Å². The third-order valence-corrected chi connectivity index (χ3v) is 24.2. The number of para-hydroxylation sites is 2. The highest BCUT2D eigenvalue weighted by molar-refractivity contribution is 6.26. The number of hydrogen-bond acceptors (Lipinski definition) is 6. The lowest BCUT2D eigenvalue weighted by Gasteiger charge is -2.26. The fourth-order valence-corrected chi connectivity index (χ4v) is 18.2. The fourth-order valence-electron chi connectivity index (χ4n) is 18.2. The van der Waals surface area contributed by atoms with E-state index >= 15 is 0 Å². The van der Waals surface area contributed by atoms with Gasteiger partial charge in [0.05, 0.1) is 10.8 Å². The second-order valence-corrected chi connectivity index (χ2v) is 31.3. The molecule has 24 aromatic rings. The van der Waals surface area contributed by atoms with Gasteiger partial charge in [-0.05, 0) is 238 Å². The van der Waals surface area contributed by atoms with Gasteiger partial charge in [0, 0.05) is 66.4 Å². The van der Waals surface area contributed by atoms with Crippen LogP contribution in [0.5, 0.6) is 0 Å². The van der Waals surface area contributed by atoms with Crippen LogP contribution in [-0.2, 0) is 0 Å². The highest BCUT2D eigenvalue weighted by atomic mass is 16.4. The lowest BCUT2D eigenvalue weighted by molar-refractivity contribution is 0.662. The van der Waals surface area contributed by atoms with Crippen molar-refractivity contribution in [2.45, 2.75) is 0 Å². The van der Waals surface area contributed by atoms with Crippen LogP contribution >= 0.6 is 0 Å². The second-order valence-electron chi connectivity index (χ2n) is 31.3. The summed E-state index contributed by atoms with van der Waals surface area (Å²) in [5.74, 6) is 0. The first kappa shape index (κ1) is 71.1. The predicted molar refractivity (Wildman–Crippen MR) is 510 cm³/mol. The monoisotopic (exact) mass is 1560 g/mol. The number of hydrogen-bond donors (Lipinski definition) is 0. The molecule has 6 heteroatoms. The Morgan fingerprint density at radius 2 is 0.451 bits per heavy atom. The first-order valence-electron chi connectivity index (χ1n) is 41.5. The molecule has 20 aromatic carbocycles. The van der Waals surface area contributed by atoms with Gasteiger partial charge in [0.2, 0.25) is 0 Å². The summed E-state index contributed by atoms with van der Waals surface area (Å²) in [6.45, 7) is 0. The van der Waals surface area contributed by atoms with Crippen LogP contribution in [0.3, 0.4) is 0 Å². The van der Waals surface area contributed by atoms with E-state index in [1.165, 1.54) is 77.2 Å². The first-order chi connectivity index (χ1) is 60.4. The molecule has 0 atom stereocenters. The number of anilines is 6. The summed E-state index contributed by atoms with van der Waals surface area (Å²) in [7, 11) is 0. The second kappa shape index (κ2) is 30.0. The van der Waals surface area contributed by atoms with Crippen LogP contribution in [0.4, 0.5) is 34.1 Å². The van der Waals surface area contributed by atoms with E-state index in [0.29, 0.717) is 0 Å². The number of rotatable bonds is 14. The van der Waals surface area contributed by atoms with Crippen molar-refractivity contribution < 1.29 is 17.7 Å². The Hall–Kier alpha value is -16.3. The molecule has 0 saturated carbocycles. The van der Waals surface area contributed by atoms with Gasteiger partial charge in [-0.25, -0.2) is 0 Å². The average Bonchev–Trinajstić information content (AvgIpc) is 1.57. The van der Waals surface area contributed by atoms with Gasteiger partial charge >= 0.3 is 0 Å². The molecule has 0 aliphatic rings. The predicted octanol–water partition coefficient (Wildman–Crippen LogP) is 33.6. The topological polar surface area (TPSA) is 59.0 Å². The smallest absolute Gasteiger partial charge is 0.147 e. The molecule has 0 aliphatic heterocycles. The maximum atomic E-state index is 6.57. The Kier molecular flexibility index (Phi) is 17.5. The van der Waals surface area contributed by atoms with E-state index in [1.807, 2.05) is 24.3 Å². The Balaban J connectivity index is 0.000000142. The highest BCUT2D eigenvalue weighted by Gasteiger charge is 2.25. The van der Waals surface area contributed by atoms with Crippen LogP contribution in [-0.4, -0.2) is 0 Å². The molecule has 572 valence electrons. The summed E-state index contributed by atoms with van der Waals surface area (Å²) < 4.78 is 26.2. The zero-order valence-electron chi connectivity index (χ0n) is 66.3. The summed E-state index contributed by atoms with van der Waals surface area (Å²) in [5, 5.41) is 13.4. The van der Waals surface area contributed by atoms with E-state index in [-0.39, 0.29) is 0 Å². The van der Waals surface area contributed by atoms with Crippen LogP contribution in [0.25, 0.3) is 198 Å². The highest BCUT2D eigenvalue weighted by Crippen LogP contribution is 2.49. The van der Waals surface area contributed by atoms with Gasteiger partial charge in [0.1, 0.15) is 44.7 Å². The van der Waals surface area contributed by atoms with Gasteiger partial charge in [0.25, 0.3) is 0 Å². The lowest BCUT2D eigenvalue weighted by atomic mass is 9.97. The van der Waals surface area contributed by atoms with Crippen molar-refractivity contribution >= 4 is 143 Å². The summed E-state index contributed by atoms with van der Waals surface area (Å²) in [6.07, 6.45) is 0. The van der Waals surface area contributed by atoms with Crippen molar-refractivity contribution in [3.8, 4) is 89.0 Å². The lowest BCUT2D eigenvalue weighted by Crippen LogP contribution is -2.10. The van der Waals surface area contributed by atoms with Crippen LogP contribution in [0.2, 0.25) is 0 Å². The molecule has 0 N–H and O–H groups in total. The summed E-state index contributed by atoms with van der Waals surface area (Å²) in [4.78, 5) is 4.70. The zero-order valence-corrected chi connectivity index (χ0v) is 66.3. The molecule has 0 aliphatic carbocycles. The molecule has 0 fully saturated rings. The fraction of sp³-hybridized carbons (Fsp3) is 0. The van der Waals surface area contributed by atoms with E-state index in [2.05, 4.69) is 434 Å². The SMILES string of the molecule is c1cc(-c2cccc3oc4ccc5c6ccccc6oc5c4c23)cc(N(c2ccc(-c3ccc4ccccc4c3)cc2)c2ccc(-c3cccc4ccccc34)cc2)c1.c1ccc(-c2ccc(-c3ccc(N(c4ccc(-c5ccc(-c6ccccc6)cc5)cc4)c4cccc(-c5cccc6oc7ccc8c9ccccc9oc8c7c56)c4)cc3)cc2)cc1. The van der Waals surface area contributed by atoms with E-state index in [4.69, 9.17) is 17.7 Å². The van der Waals surface area contributed by atoms with E-state index in [9.17, 15) is 0 Å². The number of benzene rings is 20. The Labute approximate surface area is 704 Å². The minimum Gasteiger partial charge on any atom is -0.456 e. The van der Waals surface area contributed by atoms with Gasteiger partial charge in [-0.3, -0.25) is 0 Å². The van der Waals surface area contributed by atoms with Gasteiger partial charge in [-0.1, -0.05) is 322 Å². The Morgan fingerprint density at radius 3 is 0.910 bits per heavy atom. The maximum absolute atomic E-state index is 6.57. The zero-order chi connectivity index (χ0) is 80.6. The number of furan rings is 4. The third kappa shape index (κ3) is 12.8. The summed E-state index contributed by atoms with van der Waals surface area (Å²) >= 11 is 0. The molecule has 0 unspecified atom stereocenters. The van der Waals surface area contributed by atoms with E-state index in [1.54, 1.807) is 0 Å². The van der Waals surface area contributed by atoms with Crippen molar-refractivity contribution in [3.63, 3.8) is 0 Å². The quantitative estimate of drug-likeness (QED) is 0.108.